The maximum absolute atomic E-state index is 13.4. The molecule has 0 radical (unpaired) electrons. The zero-order valence-electron chi connectivity index (χ0n) is 17.8. The van der Waals surface area contributed by atoms with Gasteiger partial charge >= 0.3 is 0 Å². The zero-order chi connectivity index (χ0) is 20.9. The molecule has 2 aliphatic rings. The standard InChI is InChI=1S/C23H27N5O2/c1-4-5-13-28-18-8-6-11-24-21(18)27-12-7-9-19(27)23(28)10-14-26(15-23)22(29)20-16(2)25-30-17(20)3/h6-9,11-12H,4-5,10,13-15H2,1-3H3/t23-/m1/s1. The lowest BCUT2D eigenvalue weighted by molar-refractivity contribution is 0.0779. The maximum Gasteiger partial charge on any atom is 0.259 e. The van der Waals surface area contributed by atoms with Gasteiger partial charge in [0.15, 0.2) is 5.82 Å². The number of fused-ring (bicyclic) bond motifs is 4. The highest BCUT2D eigenvalue weighted by Crippen LogP contribution is 2.47. The number of aromatic nitrogens is 3. The Labute approximate surface area is 176 Å². The van der Waals surface area contributed by atoms with Gasteiger partial charge < -0.3 is 18.9 Å². The average Bonchev–Trinajstić information content (AvgIpc) is 3.48. The van der Waals surface area contributed by atoms with Gasteiger partial charge in [-0.3, -0.25) is 4.79 Å². The second-order valence-corrected chi connectivity index (χ2v) is 8.32. The number of hydrogen-bond donors (Lipinski definition) is 0. The number of likely N-dealkylation sites (tertiary alicyclic amines) is 1. The van der Waals surface area contributed by atoms with Crippen LogP contribution in [-0.2, 0) is 5.54 Å². The summed E-state index contributed by atoms with van der Waals surface area (Å²) in [5, 5.41) is 3.98. The van der Waals surface area contributed by atoms with Crippen LogP contribution in [0.15, 0.2) is 41.2 Å². The quantitative estimate of drug-likeness (QED) is 0.660. The van der Waals surface area contributed by atoms with Crippen LogP contribution in [0.4, 0.5) is 5.69 Å². The summed E-state index contributed by atoms with van der Waals surface area (Å²) in [4.78, 5) is 22.5. The van der Waals surface area contributed by atoms with Crippen LogP contribution in [0.2, 0.25) is 0 Å². The van der Waals surface area contributed by atoms with Crippen molar-refractivity contribution in [2.24, 2.45) is 0 Å². The minimum atomic E-state index is -0.261. The Hall–Kier alpha value is -3.09. The van der Waals surface area contributed by atoms with Crippen molar-refractivity contribution < 1.29 is 9.32 Å². The molecule has 1 amide bonds. The molecule has 1 spiro atoms. The summed E-state index contributed by atoms with van der Waals surface area (Å²) in [6.07, 6.45) is 7.02. The van der Waals surface area contributed by atoms with Crippen LogP contribution in [0, 0.1) is 13.8 Å². The first kappa shape index (κ1) is 18.9. The van der Waals surface area contributed by atoms with Gasteiger partial charge in [-0.1, -0.05) is 18.5 Å². The van der Waals surface area contributed by atoms with Crippen LogP contribution in [-0.4, -0.2) is 45.1 Å². The highest BCUT2D eigenvalue weighted by atomic mass is 16.5. The van der Waals surface area contributed by atoms with E-state index < -0.39 is 0 Å². The summed E-state index contributed by atoms with van der Waals surface area (Å²) in [5.74, 6) is 1.56. The number of aryl methyl sites for hydroxylation is 2. The van der Waals surface area contributed by atoms with E-state index in [1.54, 1.807) is 6.92 Å². The van der Waals surface area contributed by atoms with Crippen LogP contribution >= 0.6 is 0 Å². The SMILES string of the molecule is CCCCN1c2cccnc2-n2cccc2[C@]12CCN(C(=O)c1c(C)noc1C)C2. The van der Waals surface area contributed by atoms with Crippen molar-refractivity contribution in [2.45, 2.75) is 45.6 Å². The minimum absolute atomic E-state index is 0.00802. The van der Waals surface area contributed by atoms with Crippen molar-refractivity contribution in [2.75, 3.05) is 24.5 Å². The van der Waals surface area contributed by atoms with Crippen molar-refractivity contribution in [1.29, 1.82) is 0 Å². The molecule has 0 aromatic carbocycles. The lowest BCUT2D eigenvalue weighted by Gasteiger charge is -2.47. The number of unbranched alkanes of at least 4 members (excludes halogenated alkanes) is 1. The Balaban J connectivity index is 1.58. The monoisotopic (exact) mass is 405 g/mol. The summed E-state index contributed by atoms with van der Waals surface area (Å²) in [6, 6.07) is 8.42. The van der Waals surface area contributed by atoms with Crippen LogP contribution < -0.4 is 4.90 Å². The molecule has 0 N–H and O–H groups in total. The molecule has 3 aromatic rings. The Morgan fingerprint density at radius 1 is 1.27 bits per heavy atom. The molecule has 0 saturated carbocycles. The molecular weight excluding hydrogens is 378 g/mol. The van der Waals surface area contributed by atoms with E-state index in [2.05, 4.69) is 50.9 Å². The van der Waals surface area contributed by atoms with Gasteiger partial charge in [-0.15, -0.1) is 0 Å². The molecule has 5 heterocycles. The normalized spacial score (nSPS) is 20.0. The Bertz CT molecular complexity index is 1080. The smallest absolute Gasteiger partial charge is 0.259 e. The first-order chi connectivity index (χ1) is 14.6. The second-order valence-electron chi connectivity index (χ2n) is 8.32. The molecule has 1 atom stereocenters. The van der Waals surface area contributed by atoms with Gasteiger partial charge in [0.25, 0.3) is 5.91 Å². The Morgan fingerprint density at radius 3 is 2.90 bits per heavy atom. The largest absolute Gasteiger partial charge is 0.361 e. The van der Waals surface area contributed by atoms with E-state index in [1.165, 1.54) is 5.69 Å². The molecule has 0 unspecified atom stereocenters. The van der Waals surface area contributed by atoms with Gasteiger partial charge in [0.2, 0.25) is 0 Å². The van der Waals surface area contributed by atoms with E-state index in [-0.39, 0.29) is 11.4 Å². The van der Waals surface area contributed by atoms with E-state index in [4.69, 9.17) is 4.52 Å². The van der Waals surface area contributed by atoms with Gasteiger partial charge in [0.05, 0.1) is 17.1 Å². The van der Waals surface area contributed by atoms with E-state index in [0.717, 1.165) is 37.3 Å². The highest BCUT2D eigenvalue weighted by Gasteiger charge is 2.51. The zero-order valence-corrected chi connectivity index (χ0v) is 17.8. The van der Waals surface area contributed by atoms with Gasteiger partial charge in [0.1, 0.15) is 16.9 Å². The van der Waals surface area contributed by atoms with Gasteiger partial charge in [-0.25, -0.2) is 4.98 Å². The lowest BCUT2D eigenvalue weighted by atomic mass is 9.88. The highest BCUT2D eigenvalue weighted by molar-refractivity contribution is 5.96. The topological polar surface area (TPSA) is 67.4 Å². The molecule has 1 fully saturated rings. The molecule has 30 heavy (non-hydrogen) atoms. The third-order valence-electron chi connectivity index (χ3n) is 6.54. The van der Waals surface area contributed by atoms with Crippen LogP contribution in [0.25, 0.3) is 5.82 Å². The van der Waals surface area contributed by atoms with Gasteiger partial charge in [-0.05, 0) is 51.0 Å². The molecule has 1 saturated heterocycles. The minimum Gasteiger partial charge on any atom is -0.361 e. The van der Waals surface area contributed by atoms with Crippen molar-refractivity contribution in [3.63, 3.8) is 0 Å². The first-order valence-corrected chi connectivity index (χ1v) is 10.7. The van der Waals surface area contributed by atoms with Gasteiger partial charge in [0, 0.05) is 32.0 Å². The number of rotatable bonds is 4. The van der Waals surface area contributed by atoms with E-state index in [9.17, 15) is 4.79 Å². The molecule has 3 aromatic heterocycles. The molecular formula is C23H27N5O2. The van der Waals surface area contributed by atoms with E-state index in [0.29, 0.717) is 30.1 Å². The second kappa shape index (κ2) is 7.00. The van der Waals surface area contributed by atoms with E-state index >= 15 is 0 Å². The number of carbonyl (C=O) groups is 1. The summed E-state index contributed by atoms with van der Waals surface area (Å²) in [6.45, 7) is 8.13. The Morgan fingerprint density at radius 2 is 2.13 bits per heavy atom. The van der Waals surface area contributed by atoms with E-state index in [1.807, 2.05) is 24.1 Å². The number of nitrogens with zero attached hydrogens (tertiary/aromatic N) is 5. The molecule has 5 rings (SSSR count). The molecule has 7 heteroatoms. The molecule has 2 aliphatic heterocycles. The van der Waals surface area contributed by atoms with Crippen molar-refractivity contribution in [3.05, 3.63) is 59.4 Å². The maximum atomic E-state index is 13.4. The summed E-state index contributed by atoms with van der Waals surface area (Å²) in [5.41, 5.74) is 3.34. The summed E-state index contributed by atoms with van der Waals surface area (Å²) < 4.78 is 7.45. The molecule has 0 aliphatic carbocycles. The van der Waals surface area contributed by atoms with Crippen LogP contribution in [0.3, 0.4) is 0 Å². The fourth-order valence-electron chi connectivity index (χ4n) is 5.09. The molecule has 7 nitrogen and oxygen atoms in total. The first-order valence-electron chi connectivity index (χ1n) is 10.7. The predicted octanol–water partition coefficient (Wildman–Crippen LogP) is 3.84. The van der Waals surface area contributed by atoms with Gasteiger partial charge in [-0.2, -0.15) is 0 Å². The average molecular weight is 406 g/mol. The number of anilines is 1. The fourth-order valence-corrected chi connectivity index (χ4v) is 5.09. The number of carbonyl (C=O) groups excluding carboxylic acids is 1. The number of amides is 1. The number of pyridine rings is 1. The Kier molecular flexibility index (Phi) is 4.41. The van der Waals surface area contributed by atoms with Crippen molar-refractivity contribution >= 4 is 11.6 Å². The third-order valence-corrected chi connectivity index (χ3v) is 6.54. The summed E-state index contributed by atoms with van der Waals surface area (Å²) in [7, 11) is 0. The van der Waals surface area contributed by atoms with Crippen molar-refractivity contribution in [1.82, 2.24) is 19.6 Å². The fraction of sp³-hybridized carbons (Fsp3) is 0.435. The molecule has 156 valence electrons. The van der Waals surface area contributed by atoms with Crippen molar-refractivity contribution in [3.8, 4) is 5.82 Å². The third kappa shape index (κ3) is 2.61. The molecule has 0 bridgehead atoms. The predicted molar refractivity (Wildman–Crippen MR) is 114 cm³/mol. The van der Waals surface area contributed by atoms with Crippen LogP contribution in [0.1, 0.15) is 53.7 Å². The van der Waals surface area contributed by atoms with Crippen LogP contribution in [0.5, 0.6) is 0 Å². The number of hydrogen-bond acceptors (Lipinski definition) is 5. The summed E-state index contributed by atoms with van der Waals surface area (Å²) >= 11 is 0. The lowest BCUT2D eigenvalue weighted by Crippen LogP contribution is -2.53.